The maximum atomic E-state index is 6.03. The van der Waals surface area contributed by atoms with Crippen molar-refractivity contribution in [3.05, 3.63) is 58.7 Å². The predicted molar refractivity (Wildman–Crippen MR) is 79.9 cm³/mol. The molecule has 0 heterocycles. The second-order valence-electron chi connectivity index (χ2n) is 4.93. The Morgan fingerprint density at radius 2 is 1.53 bits per heavy atom. The van der Waals surface area contributed by atoms with Gasteiger partial charge in [-0.25, -0.2) is 0 Å². The van der Waals surface area contributed by atoms with Crippen LogP contribution in [0.4, 0.5) is 0 Å². The summed E-state index contributed by atoms with van der Waals surface area (Å²) in [5.41, 5.74) is 4.89. The number of rotatable bonds is 4. The number of benzene rings is 2. The Bertz CT molecular complexity index is 558. The molecule has 2 aromatic rings. The molecule has 0 saturated carbocycles. The van der Waals surface area contributed by atoms with Crippen LogP contribution in [0.1, 0.15) is 22.3 Å². The van der Waals surface area contributed by atoms with Crippen molar-refractivity contribution in [3.8, 4) is 11.5 Å². The lowest BCUT2D eigenvalue weighted by molar-refractivity contribution is 0.474. The monoisotopic (exact) mass is 255 g/mol. The lowest BCUT2D eigenvalue weighted by Crippen LogP contribution is -2.04. The molecular weight excluding hydrogens is 234 g/mol. The van der Waals surface area contributed by atoms with Crippen LogP contribution in [0.2, 0.25) is 0 Å². The Kier molecular flexibility index (Phi) is 4.23. The second kappa shape index (κ2) is 5.89. The minimum atomic E-state index is 0.878. The van der Waals surface area contributed by atoms with Crippen molar-refractivity contribution in [1.82, 2.24) is 5.32 Å². The summed E-state index contributed by atoms with van der Waals surface area (Å²) in [6.45, 7) is 7.17. The van der Waals surface area contributed by atoms with E-state index in [9.17, 15) is 0 Å². The smallest absolute Gasteiger partial charge is 0.133 e. The zero-order valence-electron chi connectivity index (χ0n) is 12.1. The van der Waals surface area contributed by atoms with E-state index in [1.165, 1.54) is 22.3 Å². The molecule has 0 aliphatic carbocycles. The highest BCUT2D eigenvalue weighted by atomic mass is 16.5. The lowest BCUT2D eigenvalue weighted by Gasteiger charge is -2.14. The van der Waals surface area contributed by atoms with Crippen molar-refractivity contribution < 1.29 is 4.74 Å². The molecule has 0 bridgehead atoms. The summed E-state index contributed by atoms with van der Waals surface area (Å²) in [5.74, 6) is 1.86. The highest BCUT2D eigenvalue weighted by Gasteiger charge is 2.07. The Morgan fingerprint density at radius 1 is 0.895 bits per heavy atom. The standard InChI is InChI=1S/C17H21NO/c1-12-5-6-13(2)17(14(12)3)19-16-9-7-15(8-10-16)11-18-4/h5-10,18H,11H2,1-4H3. The van der Waals surface area contributed by atoms with Crippen LogP contribution in [-0.2, 0) is 6.54 Å². The molecule has 19 heavy (non-hydrogen) atoms. The van der Waals surface area contributed by atoms with Crippen LogP contribution in [0.25, 0.3) is 0 Å². The topological polar surface area (TPSA) is 21.3 Å². The minimum Gasteiger partial charge on any atom is -0.457 e. The fourth-order valence-corrected chi connectivity index (χ4v) is 2.08. The van der Waals surface area contributed by atoms with Gasteiger partial charge in [-0.05, 0) is 62.2 Å². The van der Waals surface area contributed by atoms with Gasteiger partial charge in [-0.1, -0.05) is 24.3 Å². The van der Waals surface area contributed by atoms with E-state index in [2.05, 4.69) is 50.4 Å². The van der Waals surface area contributed by atoms with Crippen LogP contribution in [0.5, 0.6) is 11.5 Å². The number of ether oxygens (including phenoxy) is 1. The maximum absolute atomic E-state index is 6.03. The molecule has 2 heteroatoms. The Labute approximate surface area is 115 Å². The molecule has 0 aliphatic heterocycles. The van der Waals surface area contributed by atoms with Gasteiger partial charge in [0.2, 0.25) is 0 Å². The molecule has 2 aromatic carbocycles. The van der Waals surface area contributed by atoms with E-state index >= 15 is 0 Å². The SMILES string of the molecule is CNCc1ccc(Oc2c(C)ccc(C)c2C)cc1. The fraction of sp³-hybridized carbons (Fsp3) is 0.294. The minimum absolute atomic E-state index is 0.878. The molecular formula is C17H21NO. The third-order valence-corrected chi connectivity index (χ3v) is 3.40. The third kappa shape index (κ3) is 3.15. The summed E-state index contributed by atoms with van der Waals surface area (Å²) in [6, 6.07) is 12.5. The molecule has 0 spiro atoms. The summed E-state index contributed by atoms with van der Waals surface area (Å²) < 4.78 is 6.03. The molecule has 2 nitrogen and oxygen atoms in total. The van der Waals surface area contributed by atoms with E-state index in [0.717, 1.165) is 18.0 Å². The molecule has 0 saturated heterocycles. The van der Waals surface area contributed by atoms with Gasteiger partial charge < -0.3 is 10.1 Å². The van der Waals surface area contributed by atoms with E-state index in [4.69, 9.17) is 4.74 Å². The van der Waals surface area contributed by atoms with E-state index in [-0.39, 0.29) is 0 Å². The molecule has 2 rings (SSSR count). The summed E-state index contributed by atoms with van der Waals surface area (Å²) in [6.07, 6.45) is 0. The normalized spacial score (nSPS) is 10.5. The Morgan fingerprint density at radius 3 is 2.16 bits per heavy atom. The van der Waals surface area contributed by atoms with E-state index < -0.39 is 0 Å². The van der Waals surface area contributed by atoms with Gasteiger partial charge in [-0.3, -0.25) is 0 Å². The Hall–Kier alpha value is -1.80. The number of hydrogen-bond donors (Lipinski definition) is 1. The van der Waals surface area contributed by atoms with Crippen LogP contribution >= 0.6 is 0 Å². The largest absolute Gasteiger partial charge is 0.457 e. The van der Waals surface area contributed by atoms with Crippen LogP contribution < -0.4 is 10.1 Å². The first-order chi connectivity index (χ1) is 9.11. The van der Waals surface area contributed by atoms with E-state index in [1.54, 1.807) is 0 Å². The lowest BCUT2D eigenvalue weighted by atomic mass is 10.1. The van der Waals surface area contributed by atoms with Gasteiger partial charge in [0.05, 0.1) is 0 Å². The molecule has 0 unspecified atom stereocenters. The molecule has 0 aromatic heterocycles. The quantitative estimate of drug-likeness (QED) is 0.887. The number of nitrogens with one attached hydrogen (secondary N) is 1. The molecule has 0 amide bonds. The van der Waals surface area contributed by atoms with Crippen molar-refractivity contribution >= 4 is 0 Å². The van der Waals surface area contributed by atoms with Gasteiger partial charge in [0.25, 0.3) is 0 Å². The first-order valence-electron chi connectivity index (χ1n) is 6.60. The van der Waals surface area contributed by atoms with Gasteiger partial charge in [0.1, 0.15) is 11.5 Å². The average Bonchev–Trinajstić information content (AvgIpc) is 2.41. The summed E-state index contributed by atoms with van der Waals surface area (Å²) >= 11 is 0. The average molecular weight is 255 g/mol. The summed E-state index contributed by atoms with van der Waals surface area (Å²) in [5, 5.41) is 3.14. The fourth-order valence-electron chi connectivity index (χ4n) is 2.08. The zero-order chi connectivity index (χ0) is 13.8. The van der Waals surface area contributed by atoms with E-state index in [1.807, 2.05) is 19.2 Å². The maximum Gasteiger partial charge on any atom is 0.133 e. The molecule has 0 atom stereocenters. The highest BCUT2D eigenvalue weighted by Crippen LogP contribution is 2.30. The van der Waals surface area contributed by atoms with Crippen molar-refractivity contribution in [2.45, 2.75) is 27.3 Å². The van der Waals surface area contributed by atoms with Crippen LogP contribution in [0.15, 0.2) is 36.4 Å². The van der Waals surface area contributed by atoms with Gasteiger partial charge in [0.15, 0.2) is 0 Å². The van der Waals surface area contributed by atoms with Gasteiger partial charge in [-0.2, -0.15) is 0 Å². The van der Waals surface area contributed by atoms with Crippen molar-refractivity contribution in [3.63, 3.8) is 0 Å². The highest BCUT2D eigenvalue weighted by molar-refractivity contribution is 5.47. The zero-order valence-corrected chi connectivity index (χ0v) is 12.1. The molecule has 0 fully saturated rings. The number of aryl methyl sites for hydroxylation is 2. The third-order valence-electron chi connectivity index (χ3n) is 3.40. The van der Waals surface area contributed by atoms with Gasteiger partial charge >= 0.3 is 0 Å². The van der Waals surface area contributed by atoms with Gasteiger partial charge in [0, 0.05) is 6.54 Å². The second-order valence-corrected chi connectivity index (χ2v) is 4.93. The van der Waals surface area contributed by atoms with Crippen molar-refractivity contribution in [1.29, 1.82) is 0 Å². The van der Waals surface area contributed by atoms with Gasteiger partial charge in [-0.15, -0.1) is 0 Å². The predicted octanol–water partition coefficient (Wildman–Crippen LogP) is 4.12. The Balaban J connectivity index is 2.24. The first-order valence-corrected chi connectivity index (χ1v) is 6.60. The van der Waals surface area contributed by atoms with E-state index in [0.29, 0.717) is 0 Å². The first kappa shape index (κ1) is 13.6. The molecule has 1 N–H and O–H groups in total. The molecule has 0 aliphatic rings. The van der Waals surface area contributed by atoms with Crippen LogP contribution in [0, 0.1) is 20.8 Å². The van der Waals surface area contributed by atoms with Crippen LogP contribution in [0.3, 0.4) is 0 Å². The van der Waals surface area contributed by atoms with Crippen LogP contribution in [-0.4, -0.2) is 7.05 Å². The summed E-state index contributed by atoms with van der Waals surface area (Å²) in [4.78, 5) is 0. The molecule has 100 valence electrons. The van der Waals surface area contributed by atoms with Crippen molar-refractivity contribution in [2.75, 3.05) is 7.05 Å². The molecule has 0 radical (unpaired) electrons. The summed E-state index contributed by atoms with van der Waals surface area (Å²) in [7, 11) is 1.95. The number of hydrogen-bond acceptors (Lipinski definition) is 2. The van der Waals surface area contributed by atoms with Crippen molar-refractivity contribution in [2.24, 2.45) is 0 Å².